The Hall–Kier alpha value is -2.85. The van der Waals surface area contributed by atoms with E-state index in [0.29, 0.717) is 0 Å². The smallest absolute Gasteiger partial charge is 0.0675 e. The van der Waals surface area contributed by atoms with E-state index in [1.165, 1.54) is 64.9 Å². The zero-order chi connectivity index (χ0) is 18.4. The van der Waals surface area contributed by atoms with Gasteiger partial charge in [0.25, 0.3) is 0 Å². The maximum Gasteiger partial charge on any atom is 0.0675 e. The molecule has 0 unspecified atom stereocenters. The molecule has 130 valence electrons. The van der Waals surface area contributed by atoms with Crippen molar-refractivity contribution in [3.63, 3.8) is 0 Å². The highest BCUT2D eigenvalue weighted by Gasteiger charge is 2.19. The van der Waals surface area contributed by atoms with E-state index in [4.69, 9.17) is 0 Å². The summed E-state index contributed by atoms with van der Waals surface area (Å²) < 4.78 is 2.36. The minimum atomic E-state index is 1.28. The second kappa shape index (κ2) is 5.15. The van der Waals surface area contributed by atoms with E-state index in [-0.39, 0.29) is 0 Å². The zero-order valence-electron chi connectivity index (χ0n) is 14.9. The van der Waals surface area contributed by atoms with Crippen LogP contribution in [0.5, 0.6) is 0 Å². The fraction of sp³-hybridized carbons (Fsp3) is 0. The van der Waals surface area contributed by atoms with Crippen LogP contribution in [0, 0.1) is 0 Å². The van der Waals surface area contributed by atoms with E-state index in [2.05, 4.69) is 111 Å². The fourth-order valence-electron chi connectivity index (χ4n) is 5.01. The van der Waals surface area contributed by atoms with Crippen molar-refractivity contribution in [3.05, 3.63) is 84.9 Å². The van der Waals surface area contributed by atoms with E-state index in [0.717, 1.165) is 0 Å². The van der Waals surface area contributed by atoms with Crippen molar-refractivity contribution in [2.24, 2.45) is 0 Å². The molecule has 0 fully saturated rings. The van der Waals surface area contributed by atoms with Crippen LogP contribution in [-0.2, 0) is 0 Å². The van der Waals surface area contributed by atoms with Gasteiger partial charge in [-0.3, -0.25) is 2.78 Å². The second-order valence-electron chi connectivity index (χ2n) is 7.59. The molecule has 7 aromatic rings. The third-order valence-corrected chi connectivity index (χ3v) is 7.19. The average molecular weight is 467 g/mol. The number of halogens is 1. The van der Waals surface area contributed by atoms with Gasteiger partial charge in [0.05, 0.1) is 33.9 Å². The van der Waals surface area contributed by atoms with Crippen LogP contribution in [0.1, 0.15) is 0 Å². The Kier molecular flexibility index (Phi) is 2.78. The van der Waals surface area contributed by atoms with Crippen molar-refractivity contribution in [1.82, 2.24) is 2.78 Å². The first kappa shape index (κ1) is 15.1. The molecule has 0 radical (unpaired) electrons. The van der Waals surface area contributed by atoms with E-state index in [1.807, 2.05) is 0 Å². The minimum absolute atomic E-state index is 1.28. The number of benzene rings is 6. The van der Waals surface area contributed by atoms with Gasteiger partial charge in [-0.1, -0.05) is 72.8 Å². The third-order valence-electron chi connectivity index (χ3n) is 6.19. The van der Waals surface area contributed by atoms with Crippen LogP contribution in [0.3, 0.4) is 0 Å². The molecule has 0 aliphatic heterocycles. The number of rotatable bonds is 0. The van der Waals surface area contributed by atoms with E-state index in [1.54, 1.807) is 0 Å². The topological polar surface area (TPSA) is 4.93 Å². The normalized spacial score (nSPS) is 12.5. The first-order valence-corrected chi connectivity index (χ1v) is 10.5. The molecular formula is C26H14IN. The van der Waals surface area contributed by atoms with Crippen LogP contribution in [-0.4, -0.2) is 2.78 Å². The molecule has 0 atom stereocenters. The summed E-state index contributed by atoms with van der Waals surface area (Å²) in [6.45, 7) is 0. The lowest BCUT2D eigenvalue weighted by Crippen LogP contribution is -1.87. The lowest BCUT2D eigenvalue weighted by Gasteiger charge is -2.13. The average Bonchev–Trinajstić information content (AvgIpc) is 3.03. The highest BCUT2D eigenvalue weighted by atomic mass is 127. The van der Waals surface area contributed by atoms with Gasteiger partial charge in [0, 0.05) is 16.2 Å². The molecule has 1 nitrogen and oxygen atoms in total. The molecule has 0 aliphatic rings. The number of nitrogens with zero attached hydrogens (tertiary/aromatic N) is 1. The van der Waals surface area contributed by atoms with Crippen LogP contribution < -0.4 is 0 Å². The largest absolute Gasteiger partial charge is 0.281 e. The van der Waals surface area contributed by atoms with E-state index in [9.17, 15) is 0 Å². The van der Waals surface area contributed by atoms with E-state index < -0.39 is 0 Å². The van der Waals surface area contributed by atoms with Crippen LogP contribution in [0.15, 0.2) is 84.9 Å². The molecule has 6 aromatic carbocycles. The Labute approximate surface area is 175 Å². The first-order valence-electron chi connectivity index (χ1n) is 9.50. The molecule has 28 heavy (non-hydrogen) atoms. The molecule has 0 saturated heterocycles. The van der Waals surface area contributed by atoms with Crippen molar-refractivity contribution in [2.45, 2.75) is 0 Å². The van der Waals surface area contributed by atoms with Gasteiger partial charge in [0.15, 0.2) is 0 Å². The lowest BCUT2D eigenvalue weighted by atomic mass is 9.91. The maximum absolute atomic E-state index is 2.48. The monoisotopic (exact) mass is 467 g/mol. The molecule has 0 spiro atoms. The quantitative estimate of drug-likeness (QED) is 0.157. The SMILES string of the molecule is In1c2cc3ccccc3cc2c2c3cccc4ccc5cccc(c5c43)c21. The highest BCUT2D eigenvalue weighted by molar-refractivity contribution is 14.1. The number of hydrogen-bond acceptors (Lipinski definition) is 0. The summed E-state index contributed by atoms with van der Waals surface area (Å²) in [5.74, 6) is 0. The van der Waals surface area contributed by atoms with Crippen molar-refractivity contribution in [3.8, 4) is 0 Å². The Bertz CT molecular complexity index is 1720. The van der Waals surface area contributed by atoms with Crippen LogP contribution >= 0.6 is 22.9 Å². The Morgan fingerprint density at radius 3 is 1.86 bits per heavy atom. The molecule has 0 amide bonds. The molecule has 1 aromatic heterocycles. The Morgan fingerprint density at radius 1 is 0.500 bits per heavy atom. The number of aromatic nitrogens is 1. The van der Waals surface area contributed by atoms with Crippen LogP contribution in [0.4, 0.5) is 0 Å². The Balaban J connectivity index is 1.92. The second-order valence-corrected chi connectivity index (χ2v) is 8.56. The van der Waals surface area contributed by atoms with Crippen LogP contribution in [0.25, 0.3) is 64.9 Å². The predicted octanol–water partition coefficient (Wildman–Crippen LogP) is 8.04. The molecular weight excluding hydrogens is 453 g/mol. The van der Waals surface area contributed by atoms with Crippen molar-refractivity contribution in [2.75, 3.05) is 0 Å². The van der Waals surface area contributed by atoms with Gasteiger partial charge >= 0.3 is 0 Å². The van der Waals surface area contributed by atoms with Gasteiger partial charge in [-0.25, -0.2) is 0 Å². The van der Waals surface area contributed by atoms with Gasteiger partial charge in [0.1, 0.15) is 0 Å². The molecule has 1 heterocycles. The summed E-state index contributed by atoms with van der Waals surface area (Å²) in [6.07, 6.45) is 0. The molecule has 7 rings (SSSR count). The summed E-state index contributed by atoms with van der Waals surface area (Å²) in [4.78, 5) is 0. The molecule has 0 saturated carbocycles. The standard InChI is InChI=1S/C26H14IN/c27-28-22-14-18-6-2-1-5-17(18)13-21(22)25-19-9-3-7-15-11-12-16-8-4-10-20(26(25)28)24(16)23(15)19/h1-14H. The zero-order valence-corrected chi connectivity index (χ0v) is 17.1. The van der Waals surface area contributed by atoms with Gasteiger partial charge in [0.2, 0.25) is 0 Å². The highest BCUT2D eigenvalue weighted by Crippen LogP contribution is 2.45. The minimum Gasteiger partial charge on any atom is -0.281 e. The summed E-state index contributed by atoms with van der Waals surface area (Å²) in [5, 5.41) is 13.4. The summed E-state index contributed by atoms with van der Waals surface area (Å²) >= 11 is 2.48. The van der Waals surface area contributed by atoms with Crippen molar-refractivity contribution in [1.29, 1.82) is 0 Å². The number of fused-ring (bicyclic) bond motifs is 6. The van der Waals surface area contributed by atoms with Crippen molar-refractivity contribution >= 4 is 87.8 Å². The molecule has 0 aliphatic carbocycles. The Morgan fingerprint density at radius 2 is 1.11 bits per heavy atom. The molecule has 0 N–H and O–H groups in total. The summed E-state index contributed by atoms with van der Waals surface area (Å²) in [7, 11) is 0. The van der Waals surface area contributed by atoms with Gasteiger partial charge < -0.3 is 0 Å². The van der Waals surface area contributed by atoms with Gasteiger partial charge in [-0.05, 0) is 49.8 Å². The van der Waals surface area contributed by atoms with E-state index >= 15 is 0 Å². The number of hydrogen-bond donors (Lipinski definition) is 0. The van der Waals surface area contributed by atoms with Gasteiger partial charge in [-0.2, -0.15) is 0 Å². The molecule has 2 heteroatoms. The maximum atomic E-state index is 2.48. The summed E-state index contributed by atoms with van der Waals surface area (Å²) in [5.41, 5.74) is 2.61. The van der Waals surface area contributed by atoms with Crippen molar-refractivity contribution < 1.29 is 0 Å². The fourth-order valence-corrected chi connectivity index (χ4v) is 5.91. The third kappa shape index (κ3) is 1.72. The van der Waals surface area contributed by atoms with Crippen LogP contribution in [0.2, 0.25) is 0 Å². The first-order chi connectivity index (χ1) is 13.8. The molecule has 0 bridgehead atoms. The van der Waals surface area contributed by atoms with Gasteiger partial charge in [-0.15, -0.1) is 0 Å². The lowest BCUT2D eigenvalue weighted by molar-refractivity contribution is 1.52. The summed E-state index contributed by atoms with van der Waals surface area (Å²) in [6, 6.07) is 31.3. The predicted molar refractivity (Wildman–Crippen MR) is 130 cm³/mol.